The smallest absolute Gasteiger partial charge is 0.174 e. The molecule has 3 heterocycles. The summed E-state index contributed by atoms with van der Waals surface area (Å²) in [6.07, 6.45) is 1.82. The molecule has 0 radical (unpaired) electrons. The number of methoxy groups -OCH3 is 1. The summed E-state index contributed by atoms with van der Waals surface area (Å²) >= 11 is 12.3. The van der Waals surface area contributed by atoms with Gasteiger partial charge in [0.2, 0.25) is 0 Å². The molecule has 1 N–H and O–H groups in total. The minimum atomic E-state index is -0.0783. The highest BCUT2D eigenvalue weighted by Crippen LogP contribution is 2.44. The molecule has 3 aromatic rings. The zero-order valence-electron chi connectivity index (χ0n) is 17.5. The van der Waals surface area contributed by atoms with Crippen LogP contribution in [0.4, 0.5) is 5.69 Å². The SMILES string of the molecule is CCn1c(C)cc([C@@H]2[C@@H](c3ccccn3)NC(=S)N2c2ccc(OC)c(Cl)c2)c1C. The summed E-state index contributed by atoms with van der Waals surface area (Å²) in [5, 5.41) is 4.70. The summed E-state index contributed by atoms with van der Waals surface area (Å²) in [4.78, 5) is 6.76. The highest BCUT2D eigenvalue weighted by molar-refractivity contribution is 7.80. The number of rotatable bonds is 5. The van der Waals surface area contributed by atoms with E-state index in [-0.39, 0.29) is 12.1 Å². The average molecular weight is 441 g/mol. The first-order chi connectivity index (χ1) is 14.5. The monoisotopic (exact) mass is 440 g/mol. The Morgan fingerprint density at radius 2 is 2.00 bits per heavy atom. The van der Waals surface area contributed by atoms with Crippen LogP contribution in [-0.4, -0.2) is 21.8 Å². The Kier molecular flexibility index (Phi) is 5.71. The molecule has 0 amide bonds. The van der Waals surface area contributed by atoms with Crippen molar-refractivity contribution >= 4 is 34.6 Å². The fourth-order valence-corrected chi connectivity index (χ4v) is 4.97. The van der Waals surface area contributed by atoms with Crippen molar-refractivity contribution in [2.45, 2.75) is 39.4 Å². The Hall–Kier alpha value is -2.57. The van der Waals surface area contributed by atoms with Crippen molar-refractivity contribution < 1.29 is 4.74 Å². The van der Waals surface area contributed by atoms with E-state index < -0.39 is 0 Å². The molecule has 2 atom stereocenters. The second-order valence-corrected chi connectivity index (χ2v) is 8.18. The van der Waals surface area contributed by atoms with Gasteiger partial charge in [-0.1, -0.05) is 17.7 Å². The highest BCUT2D eigenvalue weighted by atomic mass is 35.5. The number of aromatic nitrogens is 2. The van der Waals surface area contributed by atoms with Crippen molar-refractivity contribution in [3.8, 4) is 5.75 Å². The van der Waals surface area contributed by atoms with Crippen molar-refractivity contribution in [3.05, 3.63) is 76.3 Å². The number of pyridine rings is 1. The van der Waals surface area contributed by atoms with Crippen LogP contribution in [0.1, 0.15) is 41.7 Å². The Balaban J connectivity index is 1.88. The molecule has 30 heavy (non-hydrogen) atoms. The van der Waals surface area contributed by atoms with E-state index in [1.807, 2.05) is 42.6 Å². The predicted molar refractivity (Wildman–Crippen MR) is 126 cm³/mol. The van der Waals surface area contributed by atoms with E-state index in [4.69, 9.17) is 28.6 Å². The van der Waals surface area contributed by atoms with Gasteiger partial charge in [0.1, 0.15) is 5.75 Å². The molecule has 0 bridgehead atoms. The quantitative estimate of drug-likeness (QED) is 0.541. The maximum absolute atomic E-state index is 6.45. The summed E-state index contributed by atoms with van der Waals surface area (Å²) in [7, 11) is 1.61. The lowest BCUT2D eigenvalue weighted by Crippen LogP contribution is -2.29. The Bertz CT molecular complexity index is 1080. The fourth-order valence-electron chi connectivity index (χ4n) is 4.37. The Morgan fingerprint density at radius 3 is 2.60 bits per heavy atom. The van der Waals surface area contributed by atoms with Gasteiger partial charge < -0.3 is 19.5 Å². The van der Waals surface area contributed by atoms with Gasteiger partial charge in [0.05, 0.1) is 29.9 Å². The summed E-state index contributed by atoms with van der Waals surface area (Å²) in [6.45, 7) is 7.40. The zero-order valence-corrected chi connectivity index (χ0v) is 19.1. The maximum Gasteiger partial charge on any atom is 0.174 e. The van der Waals surface area contributed by atoms with Crippen LogP contribution < -0.4 is 15.0 Å². The van der Waals surface area contributed by atoms with E-state index in [9.17, 15) is 0 Å². The summed E-state index contributed by atoms with van der Waals surface area (Å²) in [5.41, 5.74) is 5.56. The number of ether oxygens (including phenoxy) is 1. The summed E-state index contributed by atoms with van der Waals surface area (Å²) < 4.78 is 7.66. The van der Waals surface area contributed by atoms with E-state index in [0.29, 0.717) is 15.9 Å². The number of nitrogens with zero attached hydrogens (tertiary/aromatic N) is 3. The Morgan fingerprint density at radius 1 is 1.20 bits per heavy atom. The summed E-state index contributed by atoms with van der Waals surface area (Å²) in [6, 6.07) is 13.9. The molecule has 0 spiro atoms. The van der Waals surface area contributed by atoms with Gasteiger partial charge in [0.25, 0.3) is 0 Å². The minimum absolute atomic E-state index is 0.0524. The molecule has 156 valence electrons. The Labute approximate surface area is 187 Å². The molecule has 1 fully saturated rings. The van der Waals surface area contributed by atoms with Gasteiger partial charge in [-0.2, -0.15) is 0 Å². The lowest BCUT2D eigenvalue weighted by Gasteiger charge is -2.28. The second kappa shape index (κ2) is 8.28. The van der Waals surface area contributed by atoms with Crippen LogP contribution in [0, 0.1) is 13.8 Å². The van der Waals surface area contributed by atoms with Crippen LogP contribution >= 0.6 is 23.8 Å². The van der Waals surface area contributed by atoms with Gasteiger partial charge in [-0.15, -0.1) is 0 Å². The van der Waals surface area contributed by atoms with E-state index in [1.165, 1.54) is 17.0 Å². The average Bonchev–Trinajstić information content (AvgIpc) is 3.23. The number of nitrogens with one attached hydrogen (secondary N) is 1. The summed E-state index contributed by atoms with van der Waals surface area (Å²) in [5.74, 6) is 0.639. The maximum atomic E-state index is 6.45. The first kappa shape index (κ1) is 20.7. The number of benzene rings is 1. The number of anilines is 1. The van der Waals surface area contributed by atoms with Crippen LogP contribution in [0.5, 0.6) is 5.75 Å². The van der Waals surface area contributed by atoms with Crippen LogP contribution in [0.3, 0.4) is 0 Å². The minimum Gasteiger partial charge on any atom is -0.495 e. The van der Waals surface area contributed by atoms with Crippen molar-refractivity contribution in [1.82, 2.24) is 14.9 Å². The van der Waals surface area contributed by atoms with Gasteiger partial charge in [-0.05, 0) is 75.0 Å². The van der Waals surface area contributed by atoms with Gasteiger partial charge in [0.15, 0.2) is 5.11 Å². The van der Waals surface area contributed by atoms with E-state index >= 15 is 0 Å². The molecule has 0 aliphatic carbocycles. The molecular weight excluding hydrogens is 416 g/mol. The molecule has 1 aliphatic rings. The van der Waals surface area contributed by atoms with E-state index in [0.717, 1.165) is 17.9 Å². The van der Waals surface area contributed by atoms with Crippen molar-refractivity contribution in [2.24, 2.45) is 0 Å². The lowest BCUT2D eigenvalue weighted by atomic mass is 9.96. The number of hydrogen-bond acceptors (Lipinski definition) is 3. The fraction of sp³-hybridized carbons (Fsp3) is 0.304. The van der Waals surface area contributed by atoms with Gasteiger partial charge >= 0.3 is 0 Å². The molecule has 1 aromatic carbocycles. The molecular formula is C23H25ClN4OS. The third-order valence-corrected chi connectivity index (χ3v) is 6.37. The molecule has 1 saturated heterocycles. The zero-order chi connectivity index (χ0) is 21.4. The number of hydrogen-bond donors (Lipinski definition) is 1. The van der Waals surface area contributed by atoms with Gasteiger partial charge in [-0.3, -0.25) is 4.98 Å². The number of halogens is 1. The molecule has 7 heteroatoms. The molecule has 5 nitrogen and oxygen atoms in total. The molecule has 1 aliphatic heterocycles. The topological polar surface area (TPSA) is 42.3 Å². The lowest BCUT2D eigenvalue weighted by molar-refractivity contribution is 0.415. The molecule has 2 aromatic heterocycles. The van der Waals surface area contributed by atoms with Crippen LogP contribution in [0.25, 0.3) is 0 Å². The van der Waals surface area contributed by atoms with E-state index in [2.05, 4.69) is 46.6 Å². The third-order valence-electron chi connectivity index (χ3n) is 5.76. The van der Waals surface area contributed by atoms with Crippen LogP contribution in [0.2, 0.25) is 5.02 Å². The van der Waals surface area contributed by atoms with Crippen LogP contribution in [0.15, 0.2) is 48.7 Å². The van der Waals surface area contributed by atoms with Gasteiger partial charge in [0, 0.05) is 29.8 Å². The molecule has 0 unspecified atom stereocenters. The van der Waals surface area contributed by atoms with Crippen molar-refractivity contribution in [3.63, 3.8) is 0 Å². The normalized spacial score (nSPS) is 18.6. The van der Waals surface area contributed by atoms with Gasteiger partial charge in [-0.25, -0.2) is 0 Å². The predicted octanol–water partition coefficient (Wildman–Crippen LogP) is 5.36. The molecule has 0 saturated carbocycles. The largest absolute Gasteiger partial charge is 0.495 e. The van der Waals surface area contributed by atoms with Crippen molar-refractivity contribution in [1.29, 1.82) is 0 Å². The first-order valence-corrected chi connectivity index (χ1v) is 10.8. The van der Waals surface area contributed by atoms with Crippen LogP contribution in [-0.2, 0) is 6.54 Å². The molecule has 4 rings (SSSR count). The van der Waals surface area contributed by atoms with Crippen molar-refractivity contribution in [2.75, 3.05) is 12.0 Å². The van der Waals surface area contributed by atoms with E-state index in [1.54, 1.807) is 7.11 Å². The number of aryl methyl sites for hydroxylation is 1. The third kappa shape index (κ3) is 3.44. The highest BCUT2D eigenvalue weighted by Gasteiger charge is 2.42. The number of thiocarbonyl (C=S) groups is 1. The first-order valence-electron chi connectivity index (χ1n) is 9.97. The second-order valence-electron chi connectivity index (χ2n) is 7.39. The standard InChI is InChI=1S/C23H25ClN4OS/c1-5-27-14(2)12-17(15(27)3)22-21(19-8-6-7-11-25-19)26-23(30)28(22)16-9-10-20(29-4)18(24)13-16/h6-13,21-22H,5H2,1-4H3,(H,26,30)/t21-,22-/m1/s1.